The summed E-state index contributed by atoms with van der Waals surface area (Å²) in [4.78, 5) is 29.4. The second-order valence-corrected chi connectivity index (χ2v) is 8.07. The third-order valence-corrected chi connectivity index (χ3v) is 5.52. The van der Waals surface area contributed by atoms with Gasteiger partial charge in [0, 0.05) is 34.8 Å². The number of nitrogens with one attached hydrogen (secondary N) is 2. The van der Waals surface area contributed by atoms with Crippen molar-refractivity contribution in [3.05, 3.63) is 88.0 Å². The van der Waals surface area contributed by atoms with Crippen LogP contribution in [0.1, 0.15) is 22.0 Å². The van der Waals surface area contributed by atoms with E-state index in [1.54, 1.807) is 48.7 Å². The van der Waals surface area contributed by atoms with Gasteiger partial charge in [0.25, 0.3) is 5.91 Å². The summed E-state index contributed by atoms with van der Waals surface area (Å²) in [6.07, 6.45) is 2.22. The van der Waals surface area contributed by atoms with Gasteiger partial charge in [0.1, 0.15) is 0 Å². The molecule has 0 aliphatic rings. The summed E-state index contributed by atoms with van der Waals surface area (Å²) in [6, 6.07) is 17.9. The van der Waals surface area contributed by atoms with Crippen LogP contribution in [0.5, 0.6) is 0 Å². The quantitative estimate of drug-likeness (QED) is 0.367. The number of halogens is 1. The van der Waals surface area contributed by atoms with E-state index in [9.17, 15) is 9.59 Å². The molecule has 0 spiro atoms. The maximum atomic E-state index is 12.3. The Morgan fingerprint density at radius 1 is 1.00 bits per heavy atom. The molecule has 0 fully saturated rings. The molecule has 156 valence electrons. The number of hydrogen-bond acceptors (Lipinski definition) is 5. The maximum absolute atomic E-state index is 12.3. The van der Waals surface area contributed by atoms with Gasteiger partial charge in [-0.1, -0.05) is 23.7 Å². The van der Waals surface area contributed by atoms with Gasteiger partial charge >= 0.3 is 0 Å². The highest BCUT2D eigenvalue weighted by Crippen LogP contribution is 2.23. The molecule has 31 heavy (non-hydrogen) atoms. The number of aromatic nitrogens is 1. The number of carbonyl (C=O) groups is 2. The van der Waals surface area contributed by atoms with Crippen LogP contribution in [0.25, 0.3) is 11.3 Å². The third kappa shape index (κ3) is 5.59. The molecule has 0 aliphatic carbocycles. The number of oxazole rings is 1. The van der Waals surface area contributed by atoms with Crippen molar-refractivity contribution >= 4 is 46.1 Å². The summed E-state index contributed by atoms with van der Waals surface area (Å²) in [5.41, 5.74) is 2.08. The lowest BCUT2D eigenvalue weighted by Gasteiger charge is -2.08. The normalized spacial score (nSPS) is 10.6. The first kappa shape index (κ1) is 20.8. The predicted octanol–water partition coefficient (Wildman–Crippen LogP) is 5.88. The minimum absolute atomic E-state index is 0.173. The van der Waals surface area contributed by atoms with Crippen LogP contribution in [0.15, 0.2) is 76.7 Å². The summed E-state index contributed by atoms with van der Waals surface area (Å²) in [7, 11) is 0. The molecule has 2 aromatic carbocycles. The van der Waals surface area contributed by atoms with E-state index in [4.69, 9.17) is 16.0 Å². The highest BCUT2D eigenvalue weighted by molar-refractivity contribution is 7.12. The molecule has 0 atom stereocenters. The van der Waals surface area contributed by atoms with Crippen LogP contribution in [0.4, 0.5) is 11.4 Å². The molecule has 0 radical (unpaired) electrons. The fraction of sp³-hybridized carbons (Fsp3) is 0.0870. The number of thiophene rings is 1. The molecule has 2 N–H and O–H groups in total. The lowest BCUT2D eigenvalue weighted by atomic mass is 10.2. The van der Waals surface area contributed by atoms with Gasteiger partial charge in [-0.2, -0.15) is 0 Å². The van der Waals surface area contributed by atoms with Crippen molar-refractivity contribution in [3.63, 3.8) is 0 Å². The molecular formula is C23H18ClN3O3S. The Labute approximate surface area is 187 Å². The van der Waals surface area contributed by atoms with E-state index in [2.05, 4.69) is 15.6 Å². The molecule has 4 aromatic rings. The number of carbonyl (C=O) groups excluding carboxylic acids is 2. The van der Waals surface area contributed by atoms with Gasteiger partial charge in [-0.15, -0.1) is 11.3 Å². The zero-order chi connectivity index (χ0) is 21.6. The Kier molecular flexibility index (Phi) is 6.45. The van der Waals surface area contributed by atoms with Crippen molar-refractivity contribution in [2.45, 2.75) is 12.8 Å². The zero-order valence-electron chi connectivity index (χ0n) is 16.3. The number of aryl methyl sites for hydroxylation is 1. The Morgan fingerprint density at radius 2 is 1.77 bits per heavy atom. The molecule has 0 bridgehead atoms. The molecule has 2 amide bonds. The van der Waals surface area contributed by atoms with Crippen LogP contribution in [0.3, 0.4) is 0 Å². The van der Waals surface area contributed by atoms with Gasteiger partial charge in [-0.25, -0.2) is 4.98 Å². The largest absolute Gasteiger partial charge is 0.441 e. The van der Waals surface area contributed by atoms with E-state index in [0.717, 1.165) is 5.56 Å². The molecule has 0 saturated carbocycles. The molecule has 6 nitrogen and oxygen atoms in total. The minimum atomic E-state index is -0.182. The van der Waals surface area contributed by atoms with Gasteiger partial charge in [-0.3, -0.25) is 9.59 Å². The second-order valence-electron chi connectivity index (χ2n) is 6.69. The number of rotatable bonds is 7. The van der Waals surface area contributed by atoms with E-state index in [1.807, 2.05) is 23.6 Å². The Bertz CT molecular complexity index is 1190. The van der Waals surface area contributed by atoms with Gasteiger partial charge < -0.3 is 15.1 Å². The van der Waals surface area contributed by atoms with Crippen LogP contribution in [0, 0.1) is 0 Å². The van der Waals surface area contributed by atoms with Crippen molar-refractivity contribution < 1.29 is 14.0 Å². The number of nitrogens with zero attached hydrogens (tertiary/aromatic N) is 1. The number of anilines is 2. The Morgan fingerprint density at radius 3 is 2.52 bits per heavy atom. The number of amides is 2. The highest BCUT2D eigenvalue weighted by Gasteiger charge is 2.11. The average molecular weight is 452 g/mol. The molecule has 2 heterocycles. The summed E-state index contributed by atoms with van der Waals surface area (Å²) in [6.45, 7) is 0. The minimum Gasteiger partial charge on any atom is -0.441 e. The molecule has 0 unspecified atom stereocenters. The summed E-state index contributed by atoms with van der Waals surface area (Å²) < 4.78 is 5.73. The SMILES string of the molecule is O=C(CCc1ncc(-c2ccc(Cl)cc2)o1)Nc1cccc(NC(=O)c2cccs2)c1. The highest BCUT2D eigenvalue weighted by atomic mass is 35.5. The van der Waals surface area contributed by atoms with Crippen LogP contribution >= 0.6 is 22.9 Å². The van der Waals surface area contributed by atoms with Crippen LogP contribution in [-0.2, 0) is 11.2 Å². The Hall–Kier alpha value is -3.42. The number of hydrogen-bond donors (Lipinski definition) is 2. The van der Waals surface area contributed by atoms with Crippen molar-refractivity contribution in [3.8, 4) is 11.3 Å². The van der Waals surface area contributed by atoms with E-state index >= 15 is 0 Å². The molecule has 4 rings (SSSR count). The lowest BCUT2D eigenvalue weighted by Crippen LogP contribution is -2.13. The van der Waals surface area contributed by atoms with Gasteiger partial charge in [0.15, 0.2) is 11.7 Å². The fourth-order valence-electron chi connectivity index (χ4n) is 2.89. The molecule has 2 aromatic heterocycles. The van der Waals surface area contributed by atoms with Gasteiger partial charge in [-0.05, 0) is 53.9 Å². The summed E-state index contributed by atoms with van der Waals surface area (Å²) in [5.74, 6) is 0.755. The Balaban J connectivity index is 1.31. The van der Waals surface area contributed by atoms with E-state index in [1.165, 1.54) is 11.3 Å². The van der Waals surface area contributed by atoms with Crippen molar-refractivity contribution in [1.82, 2.24) is 4.98 Å². The molecule has 0 saturated heterocycles. The van der Waals surface area contributed by atoms with Gasteiger partial charge in [0.2, 0.25) is 5.91 Å². The standard InChI is InChI=1S/C23H18ClN3O3S/c24-16-8-6-15(7-9-16)19-14-25-22(30-19)11-10-21(28)26-17-3-1-4-18(13-17)27-23(29)20-5-2-12-31-20/h1-9,12-14H,10-11H2,(H,26,28)(H,27,29). The number of benzene rings is 2. The predicted molar refractivity (Wildman–Crippen MR) is 123 cm³/mol. The van der Waals surface area contributed by atoms with Gasteiger partial charge in [0.05, 0.1) is 11.1 Å². The first-order valence-corrected chi connectivity index (χ1v) is 10.8. The van der Waals surface area contributed by atoms with Crippen molar-refractivity contribution in [2.24, 2.45) is 0 Å². The summed E-state index contributed by atoms with van der Waals surface area (Å²) in [5, 5.41) is 8.15. The third-order valence-electron chi connectivity index (χ3n) is 4.40. The molecule has 0 aliphatic heterocycles. The van der Waals surface area contributed by atoms with Crippen LogP contribution in [0.2, 0.25) is 5.02 Å². The van der Waals surface area contributed by atoms with E-state index in [0.29, 0.717) is 39.3 Å². The van der Waals surface area contributed by atoms with Crippen LogP contribution < -0.4 is 10.6 Å². The first-order chi connectivity index (χ1) is 15.1. The van der Waals surface area contributed by atoms with Crippen molar-refractivity contribution in [1.29, 1.82) is 0 Å². The monoisotopic (exact) mass is 451 g/mol. The van der Waals surface area contributed by atoms with E-state index in [-0.39, 0.29) is 18.2 Å². The molecular weight excluding hydrogens is 434 g/mol. The van der Waals surface area contributed by atoms with Crippen molar-refractivity contribution in [2.75, 3.05) is 10.6 Å². The summed E-state index contributed by atoms with van der Waals surface area (Å²) >= 11 is 7.27. The lowest BCUT2D eigenvalue weighted by molar-refractivity contribution is -0.116. The molecule has 8 heteroatoms. The first-order valence-electron chi connectivity index (χ1n) is 9.52. The van der Waals surface area contributed by atoms with Crippen LogP contribution in [-0.4, -0.2) is 16.8 Å². The average Bonchev–Trinajstić information content (AvgIpc) is 3.46. The van der Waals surface area contributed by atoms with E-state index < -0.39 is 0 Å². The zero-order valence-corrected chi connectivity index (χ0v) is 17.9. The smallest absolute Gasteiger partial charge is 0.265 e. The fourth-order valence-corrected chi connectivity index (χ4v) is 3.64. The maximum Gasteiger partial charge on any atom is 0.265 e. The second kappa shape index (κ2) is 9.59. The topological polar surface area (TPSA) is 84.2 Å².